The van der Waals surface area contributed by atoms with Crippen molar-refractivity contribution >= 4 is 5.97 Å². The van der Waals surface area contributed by atoms with Crippen molar-refractivity contribution < 1.29 is 9.90 Å². The van der Waals surface area contributed by atoms with Gasteiger partial charge in [0.2, 0.25) is 0 Å². The van der Waals surface area contributed by atoms with E-state index >= 15 is 0 Å². The second kappa shape index (κ2) is 5.84. The summed E-state index contributed by atoms with van der Waals surface area (Å²) in [6.45, 7) is 3.99. The Morgan fingerprint density at radius 1 is 1.12 bits per heavy atom. The smallest absolute Gasteiger partial charge is 0.335 e. The second-order valence-corrected chi connectivity index (χ2v) is 6.68. The summed E-state index contributed by atoms with van der Waals surface area (Å²) < 4.78 is 2.03. The van der Waals surface area contributed by atoms with Crippen molar-refractivity contribution in [2.45, 2.75) is 32.7 Å². The highest BCUT2D eigenvalue weighted by Crippen LogP contribution is 2.39. The lowest BCUT2D eigenvalue weighted by Crippen LogP contribution is -2.02. The molecule has 0 radical (unpaired) electrons. The van der Waals surface area contributed by atoms with Crippen molar-refractivity contribution in [1.29, 1.82) is 0 Å². The molecule has 0 bridgehead atoms. The van der Waals surface area contributed by atoms with Crippen molar-refractivity contribution in [2.75, 3.05) is 0 Å². The summed E-state index contributed by atoms with van der Waals surface area (Å²) in [5, 5.41) is 14.0. The quantitative estimate of drug-likeness (QED) is 0.774. The first-order chi connectivity index (χ1) is 12.0. The van der Waals surface area contributed by atoms with Gasteiger partial charge in [0.25, 0.3) is 0 Å². The fraction of sp³-hybridized carbons (Fsp3) is 0.250. The number of hydrogen-bond donors (Lipinski definition) is 1. The Balaban J connectivity index is 1.89. The van der Waals surface area contributed by atoms with Gasteiger partial charge in [0.1, 0.15) is 0 Å². The van der Waals surface area contributed by atoms with Gasteiger partial charge < -0.3 is 5.11 Å². The van der Waals surface area contributed by atoms with E-state index in [1.165, 1.54) is 0 Å². The van der Waals surface area contributed by atoms with E-state index in [1.807, 2.05) is 42.9 Å². The molecule has 0 amide bonds. The number of carboxylic acids is 1. The van der Waals surface area contributed by atoms with Crippen molar-refractivity contribution in [3.05, 3.63) is 59.4 Å². The molecule has 1 aromatic carbocycles. The van der Waals surface area contributed by atoms with Crippen LogP contribution in [0.2, 0.25) is 0 Å². The Hall–Kier alpha value is -2.95. The maximum atomic E-state index is 11.6. The molecule has 4 rings (SSSR count). The summed E-state index contributed by atoms with van der Waals surface area (Å²) in [6, 6.07) is 9.74. The first-order valence-electron chi connectivity index (χ1n) is 8.39. The maximum absolute atomic E-state index is 11.6. The van der Waals surface area contributed by atoms with Gasteiger partial charge in [-0.15, -0.1) is 0 Å². The normalized spacial score (nSPS) is 13.8. The molecule has 1 N–H and O–H groups in total. The Kier molecular flexibility index (Phi) is 3.64. The number of aryl methyl sites for hydroxylation is 2. The van der Waals surface area contributed by atoms with E-state index in [-0.39, 0.29) is 5.56 Å². The molecule has 0 unspecified atom stereocenters. The Labute approximate surface area is 146 Å². The third-order valence-corrected chi connectivity index (χ3v) is 4.53. The van der Waals surface area contributed by atoms with E-state index < -0.39 is 5.97 Å². The summed E-state index contributed by atoms with van der Waals surface area (Å²) in [5.74, 6) is -0.939. The lowest BCUT2D eigenvalue weighted by atomic mass is 9.99. The molecule has 3 aromatic rings. The highest BCUT2D eigenvalue weighted by molar-refractivity contribution is 5.91. The highest BCUT2D eigenvalue weighted by atomic mass is 16.4. The van der Waals surface area contributed by atoms with E-state index in [0.717, 1.165) is 46.5 Å². The van der Waals surface area contributed by atoms with Crippen LogP contribution in [0.25, 0.3) is 22.5 Å². The summed E-state index contributed by atoms with van der Waals surface area (Å²) in [4.78, 5) is 16.1. The van der Waals surface area contributed by atoms with Gasteiger partial charge >= 0.3 is 5.97 Å². The SMILES string of the molecule is Cc1ccc(-c2cc(C(=O)O)cc(-c3c(C)cnn3C3CC3)c2)nc1. The van der Waals surface area contributed by atoms with Gasteiger partial charge in [-0.2, -0.15) is 5.10 Å². The average molecular weight is 333 g/mol. The largest absolute Gasteiger partial charge is 0.478 e. The Morgan fingerprint density at radius 3 is 2.52 bits per heavy atom. The third-order valence-electron chi connectivity index (χ3n) is 4.53. The molecule has 25 heavy (non-hydrogen) atoms. The van der Waals surface area contributed by atoms with Crippen molar-refractivity contribution in [2.24, 2.45) is 0 Å². The molecule has 0 saturated heterocycles. The summed E-state index contributed by atoms with van der Waals surface area (Å²) in [5.41, 5.74) is 5.83. The highest BCUT2D eigenvalue weighted by Gasteiger charge is 2.28. The lowest BCUT2D eigenvalue weighted by Gasteiger charge is -2.11. The molecule has 1 aliphatic rings. The summed E-state index contributed by atoms with van der Waals surface area (Å²) >= 11 is 0. The second-order valence-electron chi connectivity index (χ2n) is 6.68. The minimum Gasteiger partial charge on any atom is -0.478 e. The number of pyridine rings is 1. The number of aromatic nitrogens is 3. The van der Waals surface area contributed by atoms with Crippen LogP contribution in [0.5, 0.6) is 0 Å². The topological polar surface area (TPSA) is 68.0 Å². The van der Waals surface area contributed by atoms with Crippen LogP contribution in [0.4, 0.5) is 0 Å². The molecule has 1 aliphatic carbocycles. The number of carbonyl (C=O) groups is 1. The van der Waals surface area contributed by atoms with Gasteiger partial charge in [-0.1, -0.05) is 6.07 Å². The van der Waals surface area contributed by atoms with Gasteiger partial charge in [0, 0.05) is 17.3 Å². The van der Waals surface area contributed by atoms with Gasteiger partial charge in [-0.05, 0) is 62.1 Å². The standard InChI is InChI=1S/C20H19N3O2/c1-12-3-6-18(21-10-12)14-7-15(9-16(8-14)20(24)25)19-13(2)11-22-23(19)17-4-5-17/h3,6-11,17H,4-5H2,1-2H3,(H,24,25). The number of hydrogen-bond acceptors (Lipinski definition) is 3. The van der Waals surface area contributed by atoms with Crippen LogP contribution >= 0.6 is 0 Å². The Morgan fingerprint density at radius 2 is 1.88 bits per heavy atom. The van der Waals surface area contributed by atoms with E-state index in [2.05, 4.69) is 10.1 Å². The van der Waals surface area contributed by atoms with Crippen LogP contribution in [0, 0.1) is 13.8 Å². The van der Waals surface area contributed by atoms with Gasteiger partial charge in [0.05, 0.1) is 29.2 Å². The van der Waals surface area contributed by atoms with Crippen LogP contribution in [0.3, 0.4) is 0 Å². The molecule has 0 spiro atoms. The molecule has 5 heteroatoms. The molecule has 1 fully saturated rings. The number of nitrogens with zero attached hydrogens (tertiary/aromatic N) is 3. The predicted octanol–water partition coefficient (Wildman–Crippen LogP) is 4.26. The number of rotatable bonds is 4. The predicted molar refractivity (Wildman–Crippen MR) is 95.6 cm³/mol. The summed E-state index contributed by atoms with van der Waals surface area (Å²) in [6.07, 6.45) is 5.89. The average Bonchev–Trinajstić information content (AvgIpc) is 3.37. The minimum atomic E-state index is -0.939. The molecule has 0 aliphatic heterocycles. The lowest BCUT2D eigenvalue weighted by molar-refractivity contribution is 0.0697. The number of carboxylic acid groups (broad SMARTS) is 1. The minimum absolute atomic E-state index is 0.262. The molecule has 126 valence electrons. The molecule has 1 saturated carbocycles. The zero-order valence-corrected chi connectivity index (χ0v) is 14.2. The summed E-state index contributed by atoms with van der Waals surface area (Å²) in [7, 11) is 0. The maximum Gasteiger partial charge on any atom is 0.335 e. The van der Waals surface area contributed by atoms with Crippen LogP contribution < -0.4 is 0 Å². The third kappa shape index (κ3) is 2.93. The van der Waals surface area contributed by atoms with Gasteiger partial charge in [0.15, 0.2) is 0 Å². The van der Waals surface area contributed by atoms with E-state index in [4.69, 9.17) is 0 Å². The van der Waals surface area contributed by atoms with E-state index in [0.29, 0.717) is 6.04 Å². The monoisotopic (exact) mass is 333 g/mol. The fourth-order valence-electron chi connectivity index (χ4n) is 3.08. The van der Waals surface area contributed by atoms with Gasteiger partial charge in [-0.3, -0.25) is 9.67 Å². The van der Waals surface area contributed by atoms with Crippen molar-refractivity contribution in [3.8, 4) is 22.5 Å². The number of benzene rings is 1. The van der Waals surface area contributed by atoms with Gasteiger partial charge in [-0.25, -0.2) is 4.79 Å². The van der Waals surface area contributed by atoms with Crippen LogP contribution in [-0.4, -0.2) is 25.8 Å². The molecular formula is C20H19N3O2. The molecule has 0 atom stereocenters. The zero-order valence-electron chi connectivity index (χ0n) is 14.2. The Bertz CT molecular complexity index is 954. The molecule has 2 heterocycles. The first-order valence-corrected chi connectivity index (χ1v) is 8.39. The first kappa shape index (κ1) is 15.6. The van der Waals surface area contributed by atoms with Crippen molar-refractivity contribution in [1.82, 2.24) is 14.8 Å². The fourth-order valence-corrected chi connectivity index (χ4v) is 3.08. The molecule has 5 nitrogen and oxygen atoms in total. The van der Waals surface area contributed by atoms with Crippen LogP contribution in [-0.2, 0) is 0 Å². The molecular weight excluding hydrogens is 314 g/mol. The molecule has 2 aromatic heterocycles. The number of aromatic carboxylic acids is 1. The van der Waals surface area contributed by atoms with Crippen LogP contribution in [0.15, 0.2) is 42.7 Å². The van der Waals surface area contributed by atoms with Crippen LogP contribution in [0.1, 0.15) is 40.4 Å². The zero-order chi connectivity index (χ0) is 17.6. The van der Waals surface area contributed by atoms with E-state index in [9.17, 15) is 9.90 Å². The van der Waals surface area contributed by atoms with Crippen molar-refractivity contribution in [3.63, 3.8) is 0 Å². The van der Waals surface area contributed by atoms with E-state index in [1.54, 1.807) is 18.3 Å².